The van der Waals surface area contributed by atoms with Crippen LogP contribution in [0, 0.1) is 10.8 Å². The molecule has 5 heteroatoms. The van der Waals surface area contributed by atoms with Crippen LogP contribution in [-0.2, 0) is 9.59 Å². The van der Waals surface area contributed by atoms with Crippen LogP contribution in [0.5, 0.6) is 5.75 Å². The molecular formula is C27H34ClNO3. The van der Waals surface area contributed by atoms with Crippen LogP contribution < -0.4 is 4.74 Å². The van der Waals surface area contributed by atoms with Crippen molar-refractivity contribution in [3.05, 3.63) is 51.3 Å². The van der Waals surface area contributed by atoms with E-state index in [0.717, 1.165) is 47.4 Å². The molecule has 0 fully saturated rings. The molecule has 0 unspecified atom stereocenters. The van der Waals surface area contributed by atoms with Crippen LogP contribution in [0.2, 0.25) is 5.02 Å². The van der Waals surface area contributed by atoms with Gasteiger partial charge in [0.05, 0.1) is 6.61 Å². The van der Waals surface area contributed by atoms with Crippen LogP contribution in [0.4, 0.5) is 0 Å². The molecule has 32 heavy (non-hydrogen) atoms. The summed E-state index contributed by atoms with van der Waals surface area (Å²) in [5.41, 5.74) is 4.20. The quantitative estimate of drug-likeness (QED) is 0.523. The molecule has 172 valence electrons. The molecule has 3 aliphatic rings. The maximum absolute atomic E-state index is 13.6. The Bertz CT molecular complexity index is 993. The second-order valence-corrected chi connectivity index (χ2v) is 11.6. The summed E-state index contributed by atoms with van der Waals surface area (Å²) in [4.78, 5) is 29.3. The first-order valence-corrected chi connectivity index (χ1v) is 12.0. The molecule has 1 aliphatic heterocycles. The number of rotatable bonds is 4. The van der Waals surface area contributed by atoms with Crippen LogP contribution in [0.25, 0.3) is 0 Å². The highest BCUT2D eigenvalue weighted by Crippen LogP contribution is 2.55. The van der Waals surface area contributed by atoms with Gasteiger partial charge in [0, 0.05) is 58.9 Å². The average Bonchev–Trinajstić information content (AvgIpc) is 2.67. The first kappa shape index (κ1) is 23.1. The van der Waals surface area contributed by atoms with Gasteiger partial charge in [0.1, 0.15) is 5.75 Å². The smallest absolute Gasteiger partial charge is 0.162 e. The average molecular weight is 456 g/mol. The highest BCUT2D eigenvalue weighted by molar-refractivity contribution is 6.30. The third kappa shape index (κ3) is 4.03. The van der Waals surface area contributed by atoms with E-state index in [1.165, 1.54) is 0 Å². The monoisotopic (exact) mass is 455 g/mol. The summed E-state index contributed by atoms with van der Waals surface area (Å²) in [5.74, 6) is 0.533. The lowest BCUT2D eigenvalue weighted by atomic mass is 9.63. The number of ketones is 2. The normalized spacial score (nSPS) is 22.8. The van der Waals surface area contributed by atoms with Gasteiger partial charge in [-0.05, 0) is 48.3 Å². The van der Waals surface area contributed by atoms with Crippen LogP contribution in [0.15, 0.2) is 40.7 Å². The Morgan fingerprint density at radius 2 is 1.50 bits per heavy atom. The standard InChI is InChI=1S/C27H34ClNO3/c1-7-10-32-22-9-8-16(28)11-17(22)23-24-18(12-26(2,3)14-20(24)30)29(6)19-13-27(4,5)15-21(31)25(19)23/h8-9,11,23H,7,10,12-15H2,1-6H3. The fraction of sp³-hybridized carbons (Fsp3) is 0.556. The summed E-state index contributed by atoms with van der Waals surface area (Å²) in [6.45, 7) is 11.2. The third-order valence-corrected chi connectivity index (χ3v) is 7.16. The zero-order valence-electron chi connectivity index (χ0n) is 20.1. The van der Waals surface area contributed by atoms with Crippen molar-refractivity contribution in [2.24, 2.45) is 10.8 Å². The number of allylic oxidation sites excluding steroid dienone is 4. The van der Waals surface area contributed by atoms with E-state index >= 15 is 0 Å². The van der Waals surface area contributed by atoms with Gasteiger partial charge in [-0.3, -0.25) is 9.59 Å². The second-order valence-electron chi connectivity index (χ2n) is 11.1. The van der Waals surface area contributed by atoms with Crippen LogP contribution in [0.3, 0.4) is 0 Å². The number of Topliss-reactive ketones (excluding diaryl/α,β-unsaturated/α-hetero) is 2. The van der Waals surface area contributed by atoms with Gasteiger partial charge in [0.25, 0.3) is 0 Å². The van der Waals surface area contributed by atoms with Gasteiger partial charge in [-0.2, -0.15) is 0 Å². The fourth-order valence-electron chi connectivity index (χ4n) is 5.56. The maximum atomic E-state index is 13.6. The number of carbonyl (C=O) groups excluding carboxylic acids is 2. The summed E-state index contributed by atoms with van der Waals surface area (Å²) in [6.07, 6.45) is 3.43. The van der Waals surface area contributed by atoms with E-state index in [1.807, 2.05) is 25.2 Å². The number of ether oxygens (including phenoxy) is 1. The highest BCUT2D eigenvalue weighted by Gasteiger charge is 2.48. The van der Waals surface area contributed by atoms with Gasteiger partial charge in [0.2, 0.25) is 0 Å². The number of hydrogen-bond donors (Lipinski definition) is 0. The molecular weight excluding hydrogens is 422 g/mol. The summed E-state index contributed by atoms with van der Waals surface area (Å²) in [7, 11) is 2.02. The van der Waals surface area contributed by atoms with Crippen molar-refractivity contribution >= 4 is 23.2 Å². The fourth-order valence-corrected chi connectivity index (χ4v) is 5.74. The van der Waals surface area contributed by atoms with Gasteiger partial charge < -0.3 is 9.64 Å². The largest absolute Gasteiger partial charge is 0.493 e. The van der Waals surface area contributed by atoms with E-state index in [9.17, 15) is 9.59 Å². The molecule has 0 aromatic heterocycles. The molecule has 0 amide bonds. The summed E-state index contributed by atoms with van der Waals surface area (Å²) >= 11 is 6.44. The van der Waals surface area contributed by atoms with Crippen LogP contribution >= 0.6 is 11.6 Å². The van der Waals surface area contributed by atoms with E-state index in [4.69, 9.17) is 16.3 Å². The molecule has 4 nitrogen and oxygen atoms in total. The predicted molar refractivity (Wildman–Crippen MR) is 128 cm³/mol. The van der Waals surface area contributed by atoms with E-state index in [2.05, 4.69) is 39.5 Å². The summed E-state index contributed by atoms with van der Waals surface area (Å²) in [6, 6.07) is 5.58. The minimum atomic E-state index is -0.422. The number of hydrogen-bond acceptors (Lipinski definition) is 4. The van der Waals surface area contributed by atoms with E-state index in [1.54, 1.807) is 0 Å². The van der Waals surface area contributed by atoms with Gasteiger partial charge in [-0.1, -0.05) is 46.2 Å². The third-order valence-electron chi connectivity index (χ3n) is 6.92. The van der Waals surface area contributed by atoms with Crippen molar-refractivity contribution in [1.82, 2.24) is 4.90 Å². The summed E-state index contributed by atoms with van der Waals surface area (Å²) in [5, 5.41) is 0.583. The SMILES string of the molecule is CCCOc1ccc(Cl)cc1C1C2=C(CC(C)(C)CC2=O)N(C)C2=C1C(=O)CC(C)(C)C2. The molecule has 0 bridgehead atoms. The van der Waals surface area contributed by atoms with Gasteiger partial charge in [-0.25, -0.2) is 0 Å². The molecule has 4 rings (SSSR count). The Morgan fingerprint density at radius 1 is 0.969 bits per heavy atom. The zero-order valence-corrected chi connectivity index (χ0v) is 20.9. The van der Waals surface area contributed by atoms with Crippen molar-refractivity contribution in [2.45, 2.75) is 72.6 Å². The molecule has 1 aromatic carbocycles. The summed E-state index contributed by atoms with van der Waals surface area (Å²) < 4.78 is 6.09. The van der Waals surface area contributed by atoms with Crippen molar-refractivity contribution in [2.75, 3.05) is 13.7 Å². The maximum Gasteiger partial charge on any atom is 0.162 e. The zero-order chi connectivity index (χ0) is 23.4. The Kier molecular flexibility index (Phi) is 5.82. The van der Waals surface area contributed by atoms with Crippen LogP contribution in [0.1, 0.15) is 78.2 Å². The molecule has 0 spiro atoms. The topological polar surface area (TPSA) is 46.6 Å². The highest BCUT2D eigenvalue weighted by atomic mass is 35.5. The molecule has 0 saturated carbocycles. The predicted octanol–water partition coefficient (Wildman–Crippen LogP) is 6.44. The van der Waals surface area contributed by atoms with E-state index in [0.29, 0.717) is 30.2 Å². The van der Waals surface area contributed by atoms with Crippen LogP contribution in [-0.4, -0.2) is 30.1 Å². The van der Waals surface area contributed by atoms with Crippen molar-refractivity contribution in [3.63, 3.8) is 0 Å². The number of benzene rings is 1. The molecule has 1 aromatic rings. The van der Waals surface area contributed by atoms with Gasteiger partial charge >= 0.3 is 0 Å². The van der Waals surface area contributed by atoms with Crippen molar-refractivity contribution in [1.29, 1.82) is 0 Å². The van der Waals surface area contributed by atoms with Crippen molar-refractivity contribution < 1.29 is 14.3 Å². The van der Waals surface area contributed by atoms with E-state index < -0.39 is 5.92 Å². The number of halogens is 1. The minimum absolute atomic E-state index is 0.114. The first-order chi connectivity index (χ1) is 14.9. The lowest BCUT2D eigenvalue weighted by molar-refractivity contribution is -0.119. The Balaban J connectivity index is 1.98. The Hall–Kier alpha value is -2.07. The van der Waals surface area contributed by atoms with E-state index in [-0.39, 0.29) is 22.4 Å². The first-order valence-electron chi connectivity index (χ1n) is 11.6. The lowest BCUT2D eigenvalue weighted by Gasteiger charge is -2.48. The molecule has 0 radical (unpaired) electrons. The minimum Gasteiger partial charge on any atom is -0.493 e. The number of carbonyl (C=O) groups is 2. The lowest BCUT2D eigenvalue weighted by Crippen LogP contribution is -2.43. The molecule has 1 heterocycles. The molecule has 2 aliphatic carbocycles. The molecule has 0 saturated heterocycles. The van der Waals surface area contributed by atoms with Crippen molar-refractivity contribution in [3.8, 4) is 5.75 Å². The number of nitrogens with zero attached hydrogens (tertiary/aromatic N) is 1. The Labute approximate surface area is 196 Å². The van der Waals surface area contributed by atoms with Gasteiger partial charge in [-0.15, -0.1) is 0 Å². The molecule has 0 N–H and O–H groups in total. The second kappa shape index (κ2) is 8.06. The Morgan fingerprint density at radius 3 is 2.00 bits per heavy atom. The molecule has 0 atom stereocenters. The van der Waals surface area contributed by atoms with Gasteiger partial charge in [0.15, 0.2) is 11.6 Å².